The van der Waals surface area contributed by atoms with Gasteiger partial charge in [-0.1, -0.05) is 18.2 Å². The predicted octanol–water partition coefficient (Wildman–Crippen LogP) is 1.19. The summed E-state index contributed by atoms with van der Waals surface area (Å²) in [4.78, 5) is 4.24. The van der Waals surface area contributed by atoms with Crippen molar-refractivity contribution in [1.82, 2.24) is 0 Å². The molecule has 0 saturated carbocycles. The molecule has 0 spiro atoms. The molecule has 3 heteroatoms. The van der Waals surface area contributed by atoms with E-state index in [1.54, 1.807) is 6.92 Å². The van der Waals surface area contributed by atoms with E-state index in [-0.39, 0.29) is 11.1 Å². The first kappa shape index (κ1) is 8.41. The lowest BCUT2D eigenvalue weighted by molar-refractivity contribution is -0.785. The van der Waals surface area contributed by atoms with E-state index in [2.05, 4.69) is 4.99 Å². The van der Waals surface area contributed by atoms with Crippen LogP contribution in [-0.2, 0) is 0 Å². The fraction of sp³-hybridized carbons (Fsp3) is 0.300. The van der Waals surface area contributed by atoms with E-state index in [0.717, 1.165) is 11.3 Å². The maximum absolute atomic E-state index is 11.6. The Bertz CT molecular complexity index is 360. The molecule has 1 aromatic rings. The molecular weight excluding hydrogens is 164 g/mol. The van der Waals surface area contributed by atoms with Crippen molar-refractivity contribution in [3.8, 4) is 0 Å². The Balaban J connectivity index is 2.56. The molecule has 0 fully saturated rings. The van der Waals surface area contributed by atoms with Gasteiger partial charge in [0.25, 0.3) is 0 Å². The zero-order chi connectivity index (χ0) is 9.42. The van der Waals surface area contributed by atoms with Crippen LogP contribution in [0, 0.1) is 5.21 Å². The second-order valence-corrected chi connectivity index (χ2v) is 3.34. The van der Waals surface area contributed by atoms with E-state index >= 15 is 0 Å². The third-order valence-corrected chi connectivity index (χ3v) is 2.44. The molecule has 2 rings (SSSR count). The number of amidine groups is 1. The number of fused-ring (bicyclic) bond motifs is 1. The van der Waals surface area contributed by atoms with Gasteiger partial charge in [0.2, 0.25) is 0 Å². The molecule has 1 heterocycles. The highest BCUT2D eigenvalue weighted by Gasteiger charge is 2.22. The SMILES string of the molecule is CC1=Nc2ccccc2C(C)[NH+]1[O-]. The van der Waals surface area contributed by atoms with Crippen LogP contribution >= 0.6 is 0 Å². The minimum absolute atomic E-state index is 0.0336. The normalized spacial score (nSPS) is 26.5. The Hall–Kier alpha value is -1.19. The number of nitrogens with zero attached hydrogens (tertiary/aromatic N) is 1. The molecule has 3 nitrogen and oxygen atoms in total. The fourth-order valence-corrected chi connectivity index (χ4v) is 1.65. The van der Waals surface area contributed by atoms with Gasteiger partial charge in [-0.15, -0.1) is 0 Å². The van der Waals surface area contributed by atoms with E-state index in [1.165, 1.54) is 0 Å². The average molecular weight is 176 g/mol. The molecule has 1 aliphatic heterocycles. The zero-order valence-electron chi connectivity index (χ0n) is 7.74. The lowest BCUT2D eigenvalue weighted by Crippen LogP contribution is -3.10. The van der Waals surface area contributed by atoms with Crippen LogP contribution < -0.4 is 5.06 Å². The largest absolute Gasteiger partial charge is 0.628 e. The van der Waals surface area contributed by atoms with E-state index < -0.39 is 0 Å². The lowest BCUT2D eigenvalue weighted by Gasteiger charge is -2.32. The van der Waals surface area contributed by atoms with Crippen molar-refractivity contribution in [2.24, 2.45) is 4.99 Å². The highest BCUT2D eigenvalue weighted by Crippen LogP contribution is 2.25. The van der Waals surface area contributed by atoms with Crippen LogP contribution in [0.3, 0.4) is 0 Å². The summed E-state index contributed by atoms with van der Waals surface area (Å²) in [6.45, 7) is 3.70. The summed E-state index contributed by atoms with van der Waals surface area (Å²) in [7, 11) is 0. The quantitative estimate of drug-likeness (QED) is 0.593. The molecule has 1 N–H and O–H groups in total. The van der Waals surface area contributed by atoms with Gasteiger partial charge in [-0.3, -0.25) is 0 Å². The van der Waals surface area contributed by atoms with Crippen LogP contribution in [0.2, 0.25) is 0 Å². The highest BCUT2D eigenvalue weighted by molar-refractivity contribution is 5.77. The number of rotatable bonds is 0. The van der Waals surface area contributed by atoms with Crippen molar-refractivity contribution in [1.29, 1.82) is 0 Å². The molecule has 1 aromatic carbocycles. The molecule has 1 aliphatic rings. The molecule has 0 aromatic heterocycles. The van der Waals surface area contributed by atoms with Gasteiger partial charge in [-0.2, -0.15) is 0 Å². The number of benzene rings is 1. The van der Waals surface area contributed by atoms with Crippen LogP contribution in [0.15, 0.2) is 29.3 Å². The van der Waals surface area contributed by atoms with Gasteiger partial charge in [-0.05, 0) is 13.0 Å². The van der Waals surface area contributed by atoms with Gasteiger partial charge in [0, 0.05) is 12.5 Å². The number of hydrogen-bond donors (Lipinski definition) is 1. The Morgan fingerprint density at radius 2 is 2.08 bits per heavy atom. The van der Waals surface area contributed by atoms with Crippen molar-refractivity contribution in [2.45, 2.75) is 19.9 Å². The van der Waals surface area contributed by atoms with E-state index in [0.29, 0.717) is 5.84 Å². The first-order valence-electron chi connectivity index (χ1n) is 4.38. The van der Waals surface area contributed by atoms with Gasteiger partial charge < -0.3 is 10.3 Å². The van der Waals surface area contributed by atoms with Crippen molar-refractivity contribution in [2.75, 3.05) is 0 Å². The van der Waals surface area contributed by atoms with Crippen molar-refractivity contribution >= 4 is 11.5 Å². The van der Waals surface area contributed by atoms with Gasteiger partial charge in [0.1, 0.15) is 6.04 Å². The number of hydroxylamine groups is 2. The number of nitrogens with one attached hydrogen (secondary N) is 1. The Morgan fingerprint density at radius 1 is 1.38 bits per heavy atom. The summed E-state index contributed by atoms with van der Waals surface area (Å²) in [6, 6.07) is 7.76. The van der Waals surface area contributed by atoms with Crippen LogP contribution in [-0.4, -0.2) is 5.84 Å². The summed E-state index contributed by atoms with van der Waals surface area (Å²) < 4.78 is 0. The van der Waals surface area contributed by atoms with Crippen molar-refractivity contribution < 1.29 is 5.06 Å². The molecule has 0 bridgehead atoms. The Morgan fingerprint density at radius 3 is 2.85 bits per heavy atom. The van der Waals surface area contributed by atoms with Gasteiger partial charge in [0.15, 0.2) is 5.84 Å². The van der Waals surface area contributed by atoms with E-state index in [4.69, 9.17) is 0 Å². The van der Waals surface area contributed by atoms with E-state index in [1.807, 2.05) is 31.2 Å². The number of para-hydroxylation sites is 1. The third kappa shape index (κ3) is 1.26. The molecule has 2 unspecified atom stereocenters. The minimum Gasteiger partial charge on any atom is -0.628 e. The van der Waals surface area contributed by atoms with Crippen LogP contribution in [0.1, 0.15) is 25.5 Å². The Kier molecular flexibility index (Phi) is 1.90. The van der Waals surface area contributed by atoms with Crippen molar-refractivity contribution in [3.63, 3.8) is 0 Å². The standard InChI is InChI=1S/C10H12N2O/c1-7-9-5-3-4-6-10(9)11-8(2)12(7)13/h3-7,12H,1-2H3. The zero-order valence-corrected chi connectivity index (χ0v) is 7.74. The second kappa shape index (κ2) is 2.94. The molecule has 0 saturated heterocycles. The minimum atomic E-state index is -0.0336. The predicted molar refractivity (Wildman–Crippen MR) is 52.0 cm³/mol. The highest BCUT2D eigenvalue weighted by atomic mass is 16.5. The Labute approximate surface area is 77.3 Å². The number of quaternary nitrogens is 1. The molecule has 0 aliphatic carbocycles. The summed E-state index contributed by atoms with van der Waals surface area (Å²) in [6.07, 6.45) is 0. The van der Waals surface area contributed by atoms with Crippen LogP contribution in [0.5, 0.6) is 0 Å². The second-order valence-electron chi connectivity index (χ2n) is 3.34. The van der Waals surface area contributed by atoms with Crippen molar-refractivity contribution in [3.05, 3.63) is 35.0 Å². The van der Waals surface area contributed by atoms with E-state index in [9.17, 15) is 5.21 Å². The maximum Gasteiger partial charge on any atom is 0.198 e. The maximum atomic E-state index is 11.6. The summed E-state index contributed by atoms with van der Waals surface area (Å²) in [5, 5.41) is 11.7. The van der Waals surface area contributed by atoms with Crippen LogP contribution in [0.25, 0.3) is 0 Å². The monoisotopic (exact) mass is 176 g/mol. The fourth-order valence-electron chi connectivity index (χ4n) is 1.65. The third-order valence-electron chi connectivity index (χ3n) is 2.44. The number of aliphatic imine (C=N–C) groups is 1. The first-order chi connectivity index (χ1) is 6.20. The smallest absolute Gasteiger partial charge is 0.198 e. The summed E-state index contributed by atoms with van der Waals surface area (Å²) in [5.74, 6) is 0.617. The van der Waals surface area contributed by atoms with Crippen LogP contribution in [0.4, 0.5) is 5.69 Å². The average Bonchev–Trinajstić information content (AvgIpc) is 2.15. The number of hydrogen-bond acceptors (Lipinski definition) is 2. The molecule has 0 radical (unpaired) electrons. The molecular formula is C10H12N2O. The molecule has 13 heavy (non-hydrogen) atoms. The van der Waals surface area contributed by atoms with Gasteiger partial charge >= 0.3 is 0 Å². The molecule has 2 atom stereocenters. The first-order valence-corrected chi connectivity index (χ1v) is 4.38. The van der Waals surface area contributed by atoms with Gasteiger partial charge in [0.05, 0.1) is 5.69 Å². The lowest BCUT2D eigenvalue weighted by atomic mass is 10.0. The molecule has 68 valence electrons. The summed E-state index contributed by atoms with van der Waals surface area (Å²) >= 11 is 0. The van der Waals surface area contributed by atoms with Gasteiger partial charge in [-0.25, -0.2) is 4.99 Å². The summed E-state index contributed by atoms with van der Waals surface area (Å²) in [5.41, 5.74) is 1.98. The molecule has 0 amide bonds. The topological polar surface area (TPSA) is 39.9 Å².